The Morgan fingerprint density at radius 2 is 1.85 bits per heavy atom. The maximum absolute atomic E-state index is 13.9. The van der Waals surface area contributed by atoms with Gasteiger partial charge in [0.2, 0.25) is 0 Å². The van der Waals surface area contributed by atoms with Crippen LogP contribution in [0.2, 0.25) is 10.0 Å². The summed E-state index contributed by atoms with van der Waals surface area (Å²) in [5, 5.41) is 17.4. The number of nitriles is 1. The number of hydrogen-bond donors (Lipinski definition) is 3. The predicted octanol–water partition coefficient (Wildman–Crippen LogP) is 1.67. The highest BCUT2D eigenvalue weighted by molar-refractivity contribution is 7.07. The predicted molar refractivity (Wildman–Crippen MR) is 156 cm³/mol. The van der Waals surface area contributed by atoms with Crippen LogP contribution >= 0.6 is 34.5 Å². The zero-order valence-electron chi connectivity index (χ0n) is 20.9. The number of halogens is 2. The van der Waals surface area contributed by atoms with Crippen LogP contribution in [0.25, 0.3) is 17.5 Å². The molecular weight excluding hydrogens is 555 g/mol. The van der Waals surface area contributed by atoms with Gasteiger partial charge in [-0.3, -0.25) is 19.1 Å². The molecule has 4 N–H and O–H groups in total. The third-order valence-corrected chi connectivity index (χ3v) is 8.64. The summed E-state index contributed by atoms with van der Waals surface area (Å²) >= 11 is 14.1. The molecule has 1 fully saturated rings. The molecular formula is C28H26Cl2N6O2S. The second-order valence-electron chi connectivity index (χ2n) is 9.20. The summed E-state index contributed by atoms with van der Waals surface area (Å²) in [5.74, 6) is -1.24. The fourth-order valence-corrected chi connectivity index (χ4v) is 6.48. The second-order valence-corrected chi connectivity index (χ2v) is 11.0. The molecule has 0 aliphatic carbocycles. The zero-order chi connectivity index (χ0) is 27.5. The number of piperazine rings is 1. The SMILES string of the molecule is N#CC1=C(N)n2c(s/c(=C\c3ccccc3Cl)c2=O)=C(C(=O)NCCN2CCNCC2)C1c1ccccc1Cl. The van der Waals surface area contributed by atoms with Crippen molar-refractivity contribution in [2.45, 2.75) is 5.92 Å². The summed E-state index contributed by atoms with van der Waals surface area (Å²) in [6.45, 7) is 4.70. The molecule has 1 aromatic heterocycles. The molecule has 0 radical (unpaired) electrons. The van der Waals surface area contributed by atoms with Gasteiger partial charge >= 0.3 is 0 Å². The molecule has 1 atom stereocenters. The van der Waals surface area contributed by atoms with Crippen molar-refractivity contribution in [1.29, 1.82) is 5.26 Å². The number of nitrogens with two attached hydrogens (primary N) is 1. The number of carbonyl (C=O) groups is 1. The van der Waals surface area contributed by atoms with E-state index in [9.17, 15) is 14.9 Å². The van der Waals surface area contributed by atoms with Gasteiger partial charge in [0.1, 0.15) is 10.5 Å². The Morgan fingerprint density at radius 1 is 1.15 bits per heavy atom. The number of carbonyl (C=O) groups excluding carboxylic acids is 1. The third kappa shape index (κ3) is 5.39. The van der Waals surface area contributed by atoms with E-state index in [1.165, 1.54) is 4.57 Å². The first-order valence-electron chi connectivity index (χ1n) is 12.5. The smallest absolute Gasteiger partial charge is 0.274 e. The van der Waals surface area contributed by atoms with Crippen molar-refractivity contribution in [3.8, 4) is 6.07 Å². The quantitative estimate of drug-likeness (QED) is 0.408. The van der Waals surface area contributed by atoms with Crippen LogP contribution in [0.15, 0.2) is 58.9 Å². The van der Waals surface area contributed by atoms with E-state index in [0.29, 0.717) is 43.5 Å². The topological polar surface area (TPSA) is 116 Å². The maximum atomic E-state index is 13.9. The highest BCUT2D eigenvalue weighted by Gasteiger charge is 2.36. The van der Waals surface area contributed by atoms with E-state index in [0.717, 1.165) is 37.5 Å². The summed E-state index contributed by atoms with van der Waals surface area (Å²) < 4.78 is 1.95. The lowest BCUT2D eigenvalue weighted by Crippen LogP contribution is -2.47. The molecule has 3 heterocycles. The number of thiazole rings is 1. The molecule has 3 aromatic rings. The van der Waals surface area contributed by atoms with Gasteiger partial charge in [0.05, 0.1) is 27.7 Å². The van der Waals surface area contributed by atoms with E-state index in [-0.39, 0.29) is 22.9 Å². The lowest BCUT2D eigenvalue weighted by molar-refractivity contribution is -0.116. The number of amides is 1. The lowest BCUT2D eigenvalue weighted by atomic mass is 9.83. The molecule has 5 rings (SSSR count). The number of fused-ring (bicyclic) bond motifs is 1. The van der Waals surface area contributed by atoms with E-state index in [2.05, 4.69) is 21.6 Å². The standard InChI is InChI=1S/C28H26Cl2N6O2S/c29-20-7-3-1-5-17(20)15-22-27(38)36-25(32)19(16-31)23(18-6-2-4-8-21(18)30)24(28(36)39-22)26(37)34-11-14-35-12-9-33-10-13-35/h1-8,15,23,33H,9-14,32H2,(H,34,37)/b22-15-. The second kappa shape index (κ2) is 11.8. The average molecular weight is 582 g/mol. The Balaban J connectivity index is 1.68. The molecule has 200 valence electrons. The number of nitrogens with one attached hydrogen (secondary N) is 2. The van der Waals surface area contributed by atoms with Gasteiger partial charge in [0, 0.05) is 49.3 Å². The molecule has 11 heteroatoms. The summed E-state index contributed by atoms with van der Waals surface area (Å²) in [5.41, 5.74) is 7.60. The van der Waals surface area contributed by atoms with Crippen LogP contribution in [0, 0.1) is 11.3 Å². The van der Waals surface area contributed by atoms with Gasteiger partial charge < -0.3 is 16.4 Å². The first-order valence-corrected chi connectivity index (χ1v) is 14.1. The highest BCUT2D eigenvalue weighted by atomic mass is 35.5. The van der Waals surface area contributed by atoms with Crippen LogP contribution in [0.1, 0.15) is 17.0 Å². The number of hydrogen-bond acceptors (Lipinski definition) is 7. The van der Waals surface area contributed by atoms with Crippen LogP contribution in [0.5, 0.6) is 0 Å². The fraction of sp³-hybridized carbons (Fsp3) is 0.250. The van der Waals surface area contributed by atoms with E-state index < -0.39 is 11.5 Å². The van der Waals surface area contributed by atoms with Crippen LogP contribution < -0.4 is 31.1 Å². The van der Waals surface area contributed by atoms with Crippen molar-refractivity contribution in [2.24, 2.45) is 5.73 Å². The van der Waals surface area contributed by atoms with Crippen molar-refractivity contribution in [3.05, 3.63) is 94.8 Å². The highest BCUT2D eigenvalue weighted by Crippen LogP contribution is 2.39. The lowest BCUT2D eigenvalue weighted by Gasteiger charge is -2.28. The van der Waals surface area contributed by atoms with Crippen LogP contribution in [0.3, 0.4) is 0 Å². The molecule has 0 spiro atoms. The Labute approximate surface area is 239 Å². The summed E-state index contributed by atoms with van der Waals surface area (Å²) in [6, 6.07) is 16.3. The first kappa shape index (κ1) is 27.2. The van der Waals surface area contributed by atoms with Crippen LogP contribution in [-0.2, 0) is 4.79 Å². The normalized spacial score (nSPS) is 18.1. The van der Waals surface area contributed by atoms with Crippen LogP contribution in [-0.4, -0.2) is 54.6 Å². The first-order chi connectivity index (χ1) is 18.9. The third-order valence-electron chi connectivity index (χ3n) is 6.84. The molecule has 2 aliphatic rings. The van der Waals surface area contributed by atoms with Gasteiger partial charge in [-0.05, 0) is 29.3 Å². The fourth-order valence-electron chi connectivity index (χ4n) is 4.88. The maximum Gasteiger partial charge on any atom is 0.274 e. The number of rotatable bonds is 6. The molecule has 8 nitrogen and oxygen atoms in total. The minimum absolute atomic E-state index is 0.0187. The monoisotopic (exact) mass is 580 g/mol. The van der Waals surface area contributed by atoms with Gasteiger partial charge in [-0.15, -0.1) is 11.3 Å². The molecule has 1 amide bonds. The van der Waals surface area contributed by atoms with E-state index in [4.69, 9.17) is 28.9 Å². The van der Waals surface area contributed by atoms with Gasteiger partial charge in [0.15, 0.2) is 0 Å². The van der Waals surface area contributed by atoms with Crippen molar-refractivity contribution in [2.75, 3.05) is 39.3 Å². The Kier molecular flexibility index (Phi) is 8.21. The Hall–Kier alpha value is -3.39. The molecule has 1 unspecified atom stereocenters. The minimum Gasteiger partial charge on any atom is -0.384 e. The van der Waals surface area contributed by atoms with Gasteiger partial charge in [0.25, 0.3) is 11.5 Å². The average Bonchev–Trinajstić information content (AvgIpc) is 3.26. The molecule has 1 saturated heterocycles. The molecule has 0 bridgehead atoms. The Bertz CT molecular complexity index is 1680. The largest absolute Gasteiger partial charge is 0.384 e. The van der Waals surface area contributed by atoms with Gasteiger partial charge in [-0.2, -0.15) is 5.26 Å². The van der Waals surface area contributed by atoms with E-state index in [1.807, 2.05) is 6.07 Å². The molecule has 2 aromatic carbocycles. The molecule has 39 heavy (non-hydrogen) atoms. The van der Waals surface area contributed by atoms with Crippen LogP contribution in [0.4, 0.5) is 0 Å². The summed E-state index contributed by atoms with van der Waals surface area (Å²) in [7, 11) is 0. The summed E-state index contributed by atoms with van der Waals surface area (Å²) in [6.07, 6.45) is 1.67. The van der Waals surface area contributed by atoms with Crippen molar-refractivity contribution in [3.63, 3.8) is 0 Å². The van der Waals surface area contributed by atoms with Gasteiger partial charge in [-0.25, -0.2) is 0 Å². The number of aromatic nitrogens is 1. The summed E-state index contributed by atoms with van der Waals surface area (Å²) in [4.78, 5) is 29.7. The number of benzene rings is 2. The zero-order valence-corrected chi connectivity index (χ0v) is 23.2. The van der Waals surface area contributed by atoms with E-state index in [1.54, 1.807) is 48.5 Å². The number of allylic oxidation sites excluding steroid dienone is 1. The Morgan fingerprint density at radius 3 is 2.54 bits per heavy atom. The van der Waals surface area contributed by atoms with E-state index >= 15 is 0 Å². The van der Waals surface area contributed by atoms with Crippen molar-refractivity contribution < 1.29 is 4.79 Å². The van der Waals surface area contributed by atoms with Crippen molar-refractivity contribution in [1.82, 2.24) is 20.1 Å². The molecule has 0 saturated carbocycles. The van der Waals surface area contributed by atoms with Crippen molar-refractivity contribution >= 4 is 57.9 Å². The number of nitrogens with zero attached hydrogens (tertiary/aromatic N) is 3. The molecule has 2 aliphatic heterocycles. The van der Waals surface area contributed by atoms with Gasteiger partial charge in [-0.1, -0.05) is 59.6 Å². The minimum atomic E-state index is -0.839.